The van der Waals surface area contributed by atoms with E-state index in [1.807, 2.05) is 33.8 Å². The maximum Gasteiger partial charge on any atom is 0.338 e. The molecule has 0 fully saturated rings. The highest BCUT2D eigenvalue weighted by atomic mass is 31.2. The number of allylic oxidation sites excluding steroid dienone is 3. The molecular weight excluding hydrogens is 299 g/mol. The van der Waals surface area contributed by atoms with Gasteiger partial charge in [0.25, 0.3) is 0 Å². The SMILES string of the molecule is C=C(C)[C@@H]1CC=C(C)c2oc(CP(=O)(OCC)OCC)cc21. The van der Waals surface area contributed by atoms with Crippen LogP contribution in [0.25, 0.3) is 5.57 Å². The van der Waals surface area contributed by atoms with Gasteiger partial charge in [0.15, 0.2) is 0 Å². The fourth-order valence-corrected chi connectivity index (χ4v) is 4.38. The van der Waals surface area contributed by atoms with Crippen molar-refractivity contribution in [3.63, 3.8) is 0 Å². The van der Waals surface area contributed by atoms with Crippen LogP contribution in [0.3, 0.4) is 0 Å². The van der Waals surface area contributed by atoms with Crippen molar-refractivity contribution in [1.29, 1.82) is 0 Å². The fraction of sp³-hybridized carbons (Fsp3) is 0.529. The zero-order valence-electron chi connectivity index (χ0n) is 13.8. The van der Waals surface area contributed by atoms with Crippen LogP contribution in [0.15, 0.2) is 28.7 Å². The van der Waals surface area contributed by atoms with Crippen molar-refractivity contribution in [2.24, 2.45) is 0 Å². The Morgan fingerprint density at radius 1 is 1.41 bits per heavy atom. The normalized spacial score (nSPS) is 18.0. The molecule has 0 bridgehead atoms. The molecule has 0 N–H and O–H groups in total. The molecule has 0 aromatic carbocycles. The summed E-state index contributed by atoms with van der Waals surface area (Å²) in [5.41, 5.74) is 3.35. The minimum absolute atomic E-state index is 0.165. The second kappa shape index (κ2) is 6.99. The first kappa shape index (κ1) is 17.3. The summed E-state index contributed by atoms with van der Waals surface area (Å²) < 4.78 is 29.3. The molecule has 0 saturated carbocycles. The molecule has 1 aliphatic rings. The van der Waals surface area contributed by atoms with Crippen molar-refractivity contribution in [1.82, 2.24) is 0 Å². The van der Waals surface area contributed by atoms with Crippen molar-refractivity contribution in [2.75, 3.05) is 13.2 Å². The maximum absolute atomic E-state index is 12.7. The van der Waals surface area contributed by atoms with E-state index < -0.39 is 7.60 Å². The second-order valence-corrected chi connectivity index (χ2v) is 7.68. The molecule has 1 atom stereocenters. The van der Waals surface area contributed by atoms with Crippen LogP contribution in [0, 0.1) is 0 Å². The third kappa shape index (κ3) is 3.62. The van der Waals surface area contributed by atoms with Crippen molar-refractivity contribution < 1.29 is 18.0 Å². The maximum atomic E-state index is 12.7. The van der Waals surface area contributed by atoms with E-state index in [1.54, 1.807) is 0 Å². The molecule has 0 saturated heterocycles. The van der Waals surface area contributed by atoms with Crippen LogP contribution >= 0.6 is 7.60 Å². The van der Waals surface area contributed by atoms with E-state index in [-0.39, 0.29) is 12.1 Å². The average molecular weight is 324 g/mol. The standard InChI is InChI=1S/C17H25O4P/c1-6-19-22(18,20-7-2)11-14-10-16-15(12(3)4)9-8-13(5)17(16)21-14/h8,10,15H,3,6-7,9,11H2,1-2,4-5H3/t15-/m0/s1. The molecule has 2 rings (SSSR count). The first-order valence-electron chi connectivity index (χ1n) is 7.73. The van der Waals surface area contributed by atoms with E-state index >= 15 is 0 Å². The first-order chi connectivity index (χ1) is 10.4. The largest absolute Gasteiger partial charge is 0.460 e. The molecule has 22 heavy (non-hydrogen) atoms. The van der Waals surface area contributed by atoms with Gasteiger partial charge < -0.3 is 13.5 Å². The number of furan rings is 1. The van der Waals surface area contributed by atoms with Gasteiger partial charge in [0.1, 0.15) is 17.7 Å². The predicted molar refractivity (Wildman–Crippen MR) is 89.1 cm³/mol. The van der Waals surface area contributed by atoms with Gasteiger partial charge in [-0.1, -0.05) is 18.2 Å². The lowest BCUT2D eigenvalue weighted by molar-refractivity contribution is 0.217. The second-order valence-electron chi connectivity index (χ2n) is 5.62. The molecule has 5 heteroatoms. The van der Waals surface area contributed by atoms with Gasteiger partial charge in [-0.25, -0.2) is 0 Å². The van der Waals surface area contributed by atoms with E-state index in [0.717, 1.165) is 28.9 Å². The smallest absolute Gasteiger partial charge is 0.338 e. The molecule has 1 aromatic heterocycles. The van der Waals surface area contributed by atoms with Gasteiger partial charge in [-0.2, -0.15) is 0 Å². The molecular formula is C17H25O4P. The molecule has 1 aromatic rings. The van der Waals surface area contributed by atoms with Crippen LogP contribution in [0.5, 0.6) is 0 Å². The molecule has 1 heterocycles. The van der Waals surface area contributed by atoms with Crippen molar-refractivity contribution in [2.45, 2.75) is 46.2 Å². The molecule has 0 amide bonds. The van der Waals surface area contributed by atoms with Crippen molar-refractivity contribution >= 4 is 13.2 Å². The highest BCUT2D eigenvalue weighted by Crippen LogP contribution is 2.52. The van der Waals surface area contributed by atoms with Crippen LogP contribution in [0.2, 0.25) is 0 Å². The Morgan fingerprint density at radius 3 is 2.59 bits per heavy atom. The molecule has 4 nitrogen and oxygen atoms in total. The van der Waals surface area contributed by atoms with Crippen molar-refractivity contribution in [3.05, 3.63) is 41.4 Å². The molecule has 0 unspecified atom stereocenters. The highest BCUT2D eigenvalue weighted by molar-refractivity contribution is 7.53. The quantitative estimate of drug-likeness (QED) is 0.490. The van der Waals surface area contributed by atoms with Crippen LogP contribution in [0.1, 0.15) is 57.1 Å². The highest BCUT2D eigenvalue weighted by Gasteiger charge is 2.30. The summed E-state index contributed by atoms with van der Waals surface area (Å²) in [4.78, 5) is 0. The van der Waals surface area contributed by atoms with Crippen LogP contribution < -0.4 is 0 Å². The van der Waals surface area contributed by atoms with E-state index in [2.05, 4.69) is 12.7 Å². The number of hydrogen-bond donors (Lipinski definition) is 0. The Labute approximate surface area is 132 Å². The Kier molecular flexibility index (Phi) is 5.49. The lowest BCUT2D eigenvalue weighted by atomic mass is 9.84. The molecule has 0 aliphatic heterocycles. The first-order valence-corrected chi connectivity index (χ1v) is 9.46. The lowest BCUT2D eigenvalue weighted by Gasteiger charge is -2.20. The molecule has 0 radical (unpaired) electrons. The molecule has 1 aliphatic carbocycles. The lowest BCUT2D eigenvalue weighted by Crippen LogP contribution is -2.04. The van der Waals surface area contributed by atoms with Gasteiger partial charge in [0.05, 0.1) is 13.2 Å². The number of fused-ring (bicyclic) bond motifs is 1. The summed E-state index contributed by atoms with van der Waals surface area (Å²) in [5, 5.41) is 0. The summed E-state index contributed by atoms with van der Waals surface area (Å²) in [5.74, 6) is 1.78. The summed E-state index contributed by atoms with van der Waals surface area (Å²) >= 11 is 0. The van der Waals surface area contributed by atoms with Gasteiger partial charge in [0.2, 0.25) is 0 Å². The fourth-order valence-electron chi connectivity index (χ4n) is 2.80. The van der Waals surface area contributed by atoms with E-state index in [4.69, 9.17) is 13.5 Å². The summed E-state index contributed by atoms with van der Waals surface area (Å²) in [6.45, 7) is 12.5. The van der Waals surface area contributed by atoms with E-state index in [0.29, 0.717) is 19.0 Å². The zero-order chi connectivity index (χ0) is 16.3. The topological polar surface area (TPSA) is 48.7 Å². The number of hydrogen-bond acceptors (Lipinski definition) is 4. The van der Waals surface area contributed by atoms with Gasteiger partial charge in [-0.15, -0.1) is 0 Å². The van der Waals surface area contributed by atoms with Crippen molar-refractivity contribution in [3.8, 4) is 0 Å². The monoisotopic (exact) mass is 324 g/mol. The Hall–Kier alpha value is -1.09. The minimum Gasteiger partial charge on any atom is -0.460 e. The van der Waals surface area contributed by atoms with Gasteiger partial charge in [-0.05, 0) is 45.8 Å². The zero-order valence-corrected chi connectivity index (χ0v) is 14.7. The minimum atomic E-state index is -3.15. The summed E-state index contributed by atoms with van der Waals surface area (Å²) in [7, 11) is -3.15. The molecule has 122 valence electrons. The Bertz CT molecular complexity index is 617. The van der Waals surface area contributed by atoms with Gasteiger partial charge in [-0.3, -0.25) is 4.57 Å². The average Bonchev–Trinajstić information content (AvgIpc) is 2.82. The predicted octanol–water partition coefficient (Wildman–Crippen LogP) is 5.51. The van der Waals surface area contributed by atoms with Gasteiger partial charge >= 0.3 is 7.60 Å². The van der Waals surface area contributed by atoms with Gasteiger partial charge in [0, 0.05) is 11.5 Å². The van der Waals surface area contributed by atoms with Crippen LogP contribution in [-0.2, 0) is 19.8 Å². The van der Waals surface area contributed by atoms with E-state index in [9.17, 15) is 4.57 Å². The number of rotatable bonds is 7. The van der Waals surface area contributed by atoms with Crippen LogP contribution in [0.4, 0.5) is 0 Å². The third-order valence-corrected chi connectivity index (χ3v) is 5.80. The summed E-state index contributed by atoms with van der Waals surface area (Å²) in [6, 6.07) is 1.98. The molecule has 0 spiro atoms. The Morgan fingerprint density at radius 2 is 2.05 bits per heavy atom. The third-order valence-electron chi connectivity index (χ3n) is 3.80. The van der Waals surface area contributed by atoms with Crippen LogP contribution in [-0.4, -0.2) is 13.2 Å². The summed E-state index contributed by atoms with van der Waals surface area (Å²) in [6.07, 6.45) is 3.26. The Balaban J connectivity index is 2.31. The van der Waals surface area contributed by atoms with E-state index in [1.165, 1.54) is 0 Å².